The van der Waals surface area contributed by atoms with E-state index in [0.717, 1.165) is 16.0 Å². The van der Waals surface area contributed by atoms with E-state index in [9.17, 15) is 0 Å². The number of alkyl halides is 1. The predicted molar refractivity (Wildman–Crippen MR) is 70.4 cm³/mol. The van der Waals surface area contributed by atoms with Crippen LogP contribution >= 0.6 is 22.9 Å². The van der Waals surface area contributed by atoms with E-state index in [0.29, 0.717) is 11.8 Å². The monoisotopic (exact) mass is 255 g/mol. The minimum Gasteiger partial charge on any atom is -0.365 e. The van der Waals surface area contributed by atoms with E-state index in [-0.39, 0.29) is 6.04 Å². The number of fused-ring (bicyclic) bond motifs is 1. The van der Waals surface area contributed by atoms with Crippen LogP contribution in [0.5, 0.6) is 0 Å². The van der Waals surface area contributed by atoms with E-state index in [2.05, 4.69) is 29.1 Å². The van der Waals surface area contributed by atoms with E-state index >= 15 is 0 Å². The average Bonchev–Trinajstić information content (AvgIpc) is 2.73. The lowest BCUT2D eigenvalue weighted by atomic mass is 10.1. The SMILES string of the molecule is CC(C)C(CCl)Nc1ncnc2sccc12. The highest BCUT2D eigenvalue weighted by molar-refractivity contribution is 7.16. The van der Waals surface area contributed by atoms with Gasteiger partial charge in [-0.05, 0) is 17.4 Å². The Kier molecular flexibility index (Phi) is 3.61. The summed E-state index contributed by atoms with van der Waals surface area (Å²) in [7, 11) is 0. The summed E-state index contributed by atoms with van der Waals surface area (Å²) in [6.07, 6.45) is 1.59. The van der Waals surface area contributed by atoms with Gasteiger partial charge >= 0.3 is 0 Å². The number of thiophene rings is 1. The third kappa shape index (κ3) is 2.28. The zero-order chi connectivity index (χ0) is 11.5. The Labute approximate surface area is 104 Å². The molecule has 0 aliphatic rings. The minimum atomic E-state index is 0.236. The zero-order valence-electron chi connectivity index (χ0n) is 9.27. The standard InChI is InChI=1S/C11H14ClN3S/c1-7(2)9(5-12)15-10-8-3-4-16-11(8)14-6-13-10/h3-4,6-7,9H,5H2,1-2H3,(H,13,14,15). The molecule has 2 rings (SSSR count). The summed E-state index contributed by atoms with van der Waals surface area (Å²) in [5.41, 5.74) is 0. The molecule has 16 heavy (non-hydrogen) atoms. The van der Waals surface area contributed by atoms with Crippen molar-refractivity contribution >= 4 is 39.0 Å². The number of hydrogen-bond acceptors (Lipinski definition) is 4. The highest BCUT2D eigenvalue weighted by atomic mass is 35.5. The fraction of sp³-hybridized carbons (Fsp3) is 0.455. The lowest BCUT2D eigenvalue weighted by Crippen LogP contribution is -2.27. The molecule has 1 unspecified atom stereocenters. The topological polar surface area (TPSA) is 37.8 Å². The van der Waals surface area contributed by atoms with Gasteiger partial charge in [0.05, 0.1) is 5.39 Å². The Morgan fingerprint density at radius 1 is 1.44 bits per heavy atom. The van der Waals surface area contributed by atoms with Gasteiger partial charge in [0, 0.05) is 11.9 Å². The second kappa shape index (κ2) is 4.97. The number of nitrogens with one attached hydrogen (secondary N) is 1. The molecule has 0 aliphatic carbocycles. The number of anilines is 1. The molecule has 0 saturated heterocycles. The number of rotatable bonds is 4. The van der Waals surface area contributed by atoms with E-state index in [4.69, 9.17) is 11.6 Å². The molecule has 2 heterocycles. The van der Waals surface area contributed by atoms with Gasteiger partial charge in [-0.2, -0.15) is 0 Å². The number of hydrogen-bond donors (Lipinski definition) is 1. The smallest absolute Gasteiger partial charge is 0.138 e. The molecule has 3 nitrogen and oxygen atoms in total. The highest BCUT2D eigenvalue weighted by Crippen LogP contribution is 2.25. The summed E-state index contributed by atoms with van der Waals surface area (Å²) in [6.45, 7) is 4.29. The number of halogens is 1. The van der Waals surface area contributed by atoms with Gasteiger partial charge in [0.25, 0.3) is 0 Å². The quantitative estimate of drug-likeness (QED) is 0.852. The van der Waals surface area contributed by atoms with Gasteiger partial charge in [-0.15, -0.1) is 22.9 Å². The molecule has 0 aliphatic heterocycles. The second-order valence-electron chi connectivity index (χ2n) is 4.01. The molecule has 86 valence electrons. The third-order valence-corrected chi connectivity index (χ3v) is 3.71. The molecular formula is C11H14ClN3S. The van der Waals surface area contributed by atoms with Crippen molar-refractivity contribution in [1.82, 2.24) is 9.97 Å². The maximum absolute atomic E-state index is 5.93. The molecule has 0 bridgehead atoms. The molecule has 0 fully saturated rings. The van der Waals surface area contributed by atoms with Crippen molar-refractivity contribution in [2.45, 2.75) is 19.9 Å². The van der Waals surface area contributed by atoms with Gasteiger partial charge in [-0.3, -0.25) is 0 Å². The lowest BCUT2D eigenvalue weighted by Gasteiger charge is -2.20. The summed E-state index contributed by atoms with van der Waals surface area (Å²) in [5.74, 6) is 1.93. The Morgan fingerprint density at radius 2 is 2.25 bits per heavy atom. The van der Waals surface area contributed by atoms with Crippen LogP contribution in [0.25, 0.3) is 10.2 Å². The number of nitrogens with zero attached hydrogens (tertiary/aromatic N) is 2. The summed E-state index contributed by atoms with van der Waals surface area (Å²) < 4.78 is 0. The van der Waals surface area contributed by atoms with Gasteiger partial charge in [0.1, 0.15) is 17.0 Å². The maximum Gasteiger partial charge on any atom is 0.138 e. The summed E-state index contributed by atoms with van der Waals surface area (Å²) in [4.78, 5) is 9.50. The van der Waals surface area contributed by atoms with Crippen LogP contribution in [0, 0.1) is 5.92 Å². The fourth-order valence-electron chi connectivity index (χ4n) is 1.46. The molecule has 0 radical (unpaired) electrons. The Balaban J connectivity index is 2.29. The molecule has 2 aromatic heterocycles. The van der Waals surface area contributed by atoms with Crippen molar-refractivity contribution in [2.75, 3.05) is 11.2 Å². The molecule has 0 amide bonds. The maximum atomic E-state index is 5.93. The first-order chi connectivity index (χ1) is 7.72. The third-order valence-electron chi connectivity index (χ3n) is 2.55. The lowest BCUT2D eigenvalue weighted by molar-refractivity contribution is 0.563. The Bertz CT molecular complexity index is 469. The van der Waals surface area contributed by atoms with E-state index in [1.807, 2.05) is 11.4 Å². The second-order valence-corrected chi connectivity index (χ2v) is 5.21. The molecule has 0 saturated carbocycles. The van der Waals surface area contributed by atoms with E-state index in [1.165, 1.54) is 0 Å². The van der Waals surface area contributed by atoms with Crippen molar-refractivity contribution in [2.24, 2.45) is 5.92 Å². The van der Waals surface area contributed by atoms with Crippen LogP contribution in [-0.4, -0.2) is 21.9 Å². The Hall–Kier alpha value is -0.870. The largest absolute Gasteiger partial charge is 0.365 e. The van der Waals surface area contributed by atoms with Gasteiger partial charge in [0.15, 0.2) is 0 Å². The molecule has 5 heteroatoms. The minimum absolute atomic E-state index is 0.236. The van der Waals surface area contributed by atoms with Crippen LogP contribution in [0.1, 0.15) is 13.8 Å². The van der Waals surface area contributed by atoms with Crippen molar-refractivity contribution in [3.8, 4) is 0 Å². The van der Waals surface area contributed by atoms with Gasteiger partial charge < -0.3 is 5.32 Å². The van der Waals surface area contributed by atoms with Crippen LogP contribution in [0.3, 0.4) is 0 Å². The molecular weight excluding hydrogens is 242 g/mol. The average molecular weight is 256 g/mol. The Morgan fingerprint density at radius 3 is 2.94 bits per heavy atom. The van der Waals surface area contributed by atoms with Crippen molar-refractivity contribution in [3.63, 3.8) is 0 Å². The first kappa shape index (κ1) is 11.6. The van der Waals surface area contributed by atoms with Crippen LogP contribution in [0.2, 0.25) is 0 Å². The predicted octanol–water partition coefficient (Wildman–Crippen LogP) is 3.37. The molecule has 0 spiro atoms. The fourth-order valence-corrected chi connectivity index (χ4v) is 2.63. The first-order valence-corrected chi connectivity index (χ1v) is 6.64. The highest BCUT2D eigenvalue weighted by Gasteiger charge is 2.14. The van der Waals surface area contributed by atoms with Crippen LogP contribution < -0.4 is 5.32 Å². The summed E-state index contributed by atoms with van der Waals surface area (Å²) in [6, 6.07) is 2.27. The van der Waals surface area contributed by atoms with Crippen molar-refractivity contribution < 1.29 is 0 Å². The van der Waals surface area contributed by atoms with E-state index < -0.39 is 0 Å². The summed E-state index contributed by atoms with van der Waals surface area (Å²) in [5, 5.41) is 6.48. The first-order valence-electron chi connectivity index (χ1n) is 5.23. The van der Waals surface area contributed by atoms with Crippen molar-refractivity contribution in [3.05, 3.63) is 17.8 Å². The van der Waals surface area contributed by atoms with Crippen LogP contribution in [0.4, 0.5) is 5.82 Å². The van der Waals surface area contributed by atoms with Crippen molar-refractivity contribution in [1.29, 1.82) is 0 Å². The summed E-state index contributed by atoms with van der Waals surface area (Å²) >= 11 is 7.55. The van der Waals surface area contributed by atoms with Gasteiger partial charge in [0.2, 0.25) is 0 Å². The van der Waals surface area contributed by atoms with E-state index in [1.54, 1.807) is 17.7 Å². The van der Waals surface area contributed by atoms with Crippen LogP contribution in [0.15, 0.2) is 17.8 Å². The molecule has 1 N–H and O–H groups in total. The van der Waals surface area contributed by atoms with Crippen LogP contribution in [-0.2, 0) is 0 Å². The van der Waals surface area contributed by atoms with Gasteiger partial charge in [-0.1, -0.05) is 13.8 Å². The zero-order valence-corrected chi connectivity index (χ0v) is 10.8. The normalized spacial score (nSPS) is 13.2. The van der Waals surface area contributed by atoms with Gasteiger partial charge in [-0.25, -0.2) is 9.97 Å². The molecule has 1 atom stereocenters. The molecule has 2 aromatic rings. The molecule has 0 aromatic carbocycles. The number of aromatic nitrogens is 2.